The lowest BCUT2D eigenvalue weighted by Crippen LogP contribution is -2.47. The average Bonchev–Trinajstić information content (AvgIpc) is 2.42. The molecule has 0 radical (unpaired) electrons. The molecule has 0 saturated heterocycles. The fourth-order valence-corrected chi connectivity index (χ4v) is 1.87. The second-order valence-corrected chi connectivity index (χ2v) is 4.68. The highest BCUT2D eigenvalue weighted by atomic mass is 32.1. The van der Waals surface area contributed by atoms with E-state index in [4.69, 9.17) is 5.11 Å². The Kier molecular flexibility index (Phi) is 6.04. The van der Waals surface area contributed by atoms with Crippen molar-refractivity contribution < 1.29 is 24.6 Å². The van der Waals surface area contributed by atoms with Crippen molar-refractivity contribution in [3.63, 3.8) is 0 Å². The number of nitrogens with one attached hydrogen (secondary N) is 2. The van der Waals surface area contributed by atoms with E-state index < -0.39 is 17.9 Å². The van der Waals surface area contributed by atoms with Crippen molar-refractivity contribution in [3.05, 3.63) is 29.3 Å². The smallest absolute Gasteiger partial charge is 0.339 e. The monoisotopic (exact) mass is 312 g/mol. The summed E-state index contributed by atoms with van der Waals surface area (Å²) in [5.74, 6) is -2.23. The van der Waals surface area contributed by atoms with Crippen LogP contribution in [-0.4, -0.2) is 39.8 Å². The van der Waals surface area contributed by atoms with Gasteiger partial charge in [-0.15, -0.1) is 0 Å². The van der Waals surface area contributed by atoms with Crippen LogP contribution in [0.25, 0.3) is 0 Å². The number of carboxylic acids is 1. The number of aromatic carboxylic acids is 1. The molecule has 0 fully saturated rings. The first-order valence-electron chi connectivity index (χ1n) is 6.06. The molecule has 1 atom stereocenters. The number of hydrogen-bond donors (Lipinski definition) is 5. The normalized spacial score (nSPS) is 11.5. The molecule has 0 bridgehead atoms. The zero-order valence-electron chi connectivity index (χ0n) is 11.3. The molecule has 0 heterocycles. The maximum absolute atomic E-state index is 11.8. The minimum Gasteiger partial charge on any atom is -0.507 e. The first-order valence-corrected chi connectivity index (χ1v) is 6.69. The van der Waals surface area contributed by atoms with Crippen LogP contribution in [0.15, 0.2) is 18.2 Å². The Balaban J connectivity index is 2.70. The topological polar surface area (TPSA) is 116 Å². The summed E-state index contributed by atoms with van der Waals surface area (Å²) < 4.78 is 0. The van der Waals surface area contributed by atoms with Gasteiger partial charge in [-0.3, -0.25) is 9.59 Å². The van der Waals surface area contributed by atoms with Crippen LogP contribution in [0.3, 0.4) is 0 Å². The zero-order chi connectivity index (χ0) is 16.0. The SMILES string of the molecule is CC(=O)NC(CS)C(=O)NCc1ccc(O)c(C(=O)O)c1. The molecular weight excluding hydrogens is 296 g/mol. The summed E-state index contributed by atoms with van der Waals surface area (Å²) >= 11 is 3.98. The molecule has 0 aromatic heterocycles. The number of benzene rings is 1. The molecule has 4 N–H and O–H groups in total. The Bertz CT molecular complexity index is 561. The van der Waals surface area contributed by atoms with Gasteiger partial charge in [0.25, 0.3) is 0 Å². The molecule has 0 aliphatic heterocycles. The highest BCUT2D eigenvalue weighted by Crippen LogP contribution is 2.18. The van der Waals surface area contributed by atoms with Crippen molar-refractivity contribution in [2.24, 2.45) is 0 Å². The van der Waals surface area contributed by atoms with Crippen LogP contribution in [0.4, 0.5) is 0 Å². The van der Waals surface area contributed by atoms with E-state index in [1.807, 2.05) is 0 Å². The number of rotatable bonds is 6. The minimum absolute atomic E-state index is 0.0727. The minimum atomic E-state index is -1.26. The Hall–Kier alpha value is -2.22. The summed E-state index contributed by atoms with van der Waals surface area (Å²) in [6, 6.07) is 3.25. The van der Waals surface area contributed by atoms with E-state index in [-0.39, 0.29) is 29.5 Å². The van der Waals surface area contributed by atoms with Gasteiger partial charge in [-0.05, 0) is 17.7 Å². The summed E-state index contributed by atoms with van der Waals surface area (Å²) in [7, 11) is 0. The first kappa shape index (κ1) is 16.8. The summed E-state index contributed by atoms with van der Waals surface area (Å²) in [5.41, 5.74) is 0.272. The van der Waals surface area contributed by atoms with Crippen LogP contribution in [0, 0.1) is 0 Å². The van der Waals surface area contributed by atoms with E-state index in [0.717, 1.165) is 0 Å². The number of thiol groups is 1. The number of amides is 2. The average molecular weight is 312 g/mol. The fourth-order valence-electron chi connectivity index (χ4n) is 1.62. The highest BCUT2D eigenvalue weighted by molar-refractivity contribution is 7.80. The van der Waals surface area contributed by atoms with E-state index in [9.17, 15) is 19.5 Å². The van der Waals surface area contributed by atoms with Gasteiger partial charge < -0.3 is 20.8 Å². The third-order valence-corrected chi connectivity index (χ3v) is 3.00. The van der Waals surface area contributed by atoms with E-state index in [0.29, 0.717) is 5.56 Å². The third-order valence-electron chi connectivity index (χ3n) is 2.63. The predicted molar refractivity (Wildman–Crippen MR) is 78.4 cm³/mol. The molecule has 1 aromatic rings. The second-order valence-electron chi connectivity index (χ2n) is 4.31. The molecule has 21 heavy (non-hydrogen) atoms. The van der Waals surface area contributed by atoms with Crippen LogP contribution in [0.5, 0.6) is 5.75 Å². The van der Waals surface area contributed by atoms with Gasteiger partial charge in [0.1, 0.15) is 17.4 Å². The van der Waals surface area contributed by atoms with Gasteiger partial charge in [-0.25, -0.2) is 4.79 Å². The molecule has 0 saturated carbocycles. The van der Waals surface area contributed by atoms with Gasteiger partial charge in [0.05, 0.1) is 0 Å². The van der Waals surface area contributed by atoms with Crippen molar-refractivity contribution in [1.29, 1.82) is 0 Å². The van der Waals surface area contributed by atoms with Crippen molar-refractivity contribution in [1.82, 2.24) is 10.6 Å². The molecule has 2 amide bonds. The van der Waals surface area contributed by atoms with E-state index in [1.54, 1.807) is 0 Å². The molecule has 1 unspecified atom stereocenters. The Labute approximate surface area is 126 Å². The van der Waals surface area contributed by atoms with E-state index in [1.165, 1.54) is 25.1 Å². The number of carbonyl (C=O) groups is 3. The first-order chi connectivity index (χ1) is 9.85. The maximum atomic E-state index is 11.8. The quantitative estimate of drug-likeness (QED) is 0.479. The summed E-state index contributed by atoms with van der Waals surface area (Å²) in [5, 5.41) is 23.3. The molecule has 1 aromatic carbocycles. The lowest BCUT2D eigenvalue weighted by Gasteiger charge is -2.15. The van der Waals surface area contributed by atoms with Crippen LogP contribution in [-0.2, 0) is 16.1 Å². The van der Waals surface area contributed by atoms with Crippen LogP contribution >= 0.6 is 12.6 Å². The number of carboxylic acid groups (broad SMARTS) is 1. The Morgan fingerprint density at radius 3 is 2.52 bits per heavy atom. The van der Waals surface area contributed by atoms with Gasteiger partial charge in [0.2, 0.25) is 11.8 Å². The van der Waals surface area contributed by atoms with E-state index in [2.05, 4.69) is 23.3 Å². The largest absolute Gasteiger partial charge is 0.507 e. The standard InChI is InChI=1S/C13H16N2O5S/c1-7(16)15-10(6-21)12(18)14-5-8-2-3-11(17)9(4-8)13(19)20/h2-4,10,17,21H,5-6H2,1H3,(H,14,18)(H,15,16)(H,19,20). The van der Waals surface area contributed by atoms with Crippen LogP contribution in [0.1, 0.15) is 22.8 Å². The van der Waals surface area contributed by atoms with Gasteiger partial charge in [-0.1, -0.05) is 6.07 Å². The fraction of sp³-hybridized carbons (Fsp3) is 0.308. The number of hydrogen-bond acceptors (Lipinski definition) is 5. The molecular formula is C13H16N2O5S. The molecule has 0 spiro atoms. The summed E-state index contributed by atoms with van der Waals surface area (Å²) in [6.45, 7) is 1.37. The van der Waals surface area contributed by atoms with Crippen LogP contribution < -0.4 is 10.6 Å². The van der Waals surface area contributed by atoms with Gasteiger partial charge in [0, 0.05) is 19.2 Å². The molecule has 0 aliphatic rings. The maximum Gasteiger partial charge on any atom is 0.339 e. The van der Waals surface area contributed by atoms with Crippen molar-refractivity contribution in [2.45, 2.75) is 19.5 Å². The number of carbonyl (C=O) groups excluding carboxylic acids is 2. The molecule has 0 aliphatic carbocycles. The summed E-state index contributed by atoms with van der Waals surface area (Å²) in [4.78, 5) is 33.6. The van der Waals surface area contributed by atoms with Gasteiger partial charge >= 0.3 is 5.97 Å². The van der Waals surface area contributed by atoms with Crippen molar-refractivity contribution in [2.75, 3.05) is 5.75 Å². The number of aromatic hydroxyl groups is 1. The molecule has 1 rings (SSSR count). The Morgan fingerprint density at radius 2 is 2.00 bits per heavy atom. The molecule has 114 valence electrons. The molecule has 8 heteroatoms. The van der Waals surface area contributed by atoms with Crippen LogP contribution in [0.2, 0.25) is 0 Å². The van der Waals surface area contributed by atoms with Crippen molar-refractivity contribution in [3.8, 4) is 5.75 Å². The van der Waals surface area contributed by atoms with Crippen molar-refractivity contribution >= 4 is 30.4 Å². The predicted octanol–water partition coefficient (Wildman–Crippen LogP) is 0.141. The summed E-state index contributed by atoms with van der Waals surface area (Å²) in [6.07, 6.45) is 0. The number of phenols is 1. The van der Waals surface area contributed by atoms with E-state index >= 15 is 0 Å². The lowest BCUT2D eigenvalue weighted by atomic mass is 10.1. The molecule has 7 nitrogen and oxygen atoms in total. The highest BCUT2D eigenvalue weighted by Gasteiger charge is 2.17. The zero-order valence-corrected chi connectivity index (χ0v) is 12.2. The second kappa shape index (κ2) is 7.53. The van der Waals surface area contributed by atoms with Gasteiger partial charge in [-0.2, -0.15) is 12.6 Å². The van der Waals surface area contributed by atoms with Gasteiger partial charge in [0.15, 0.2) is 0 Å². The third kappa shape index (κ3) is 4.99. The lowest BCUT2D eigenvalue weighted by molar-refractivity contribution is -0.127. The Morgan fingerprint density at radius 1 is 1.33 bits per heavy atom.